The van der Waals surface area contributed by atoms with Gasteiger partial charge in [0, 0.05) is 12.0 Å². The second-order valence-corrected chi connectivity index (χ2v) is 6.81. The number of carbonyl (C=O) groups is 1. The van der Waals surface area contributed by atoms with Crippen LogP contribution in [0.15, 0.2) is 18.2 Å². The smallest absolute Gasteiger partial charge is 0.232 e. The van der Waals surface area contributed by atoms with E-state index in [1.54, 1.807) is 25.1 Å². The number of nitrogens with zero attached hydrogens (tertiary/aromatic N) is 1. The molecule has 0 N–H and O–H groups in total. The molecule has 1 aliphatic rings. The van der Waals surface area contributed by atoms with Crippen LogP contribution in [0, 0.1) is 0 Å². The standard InChI is InChI=1S/C14H19NO4S/c1-4-11-9-15(20(3,17)18)12-8-10(13(16)5-2)6-7-14(12)19-11/h6-8,11H,4-5,9H2,1-3H3. The van der Waals surface area contributed by atoms with E-state index in [1.807, 2.05) is 6.92 Å². The number of Topliss-reactive ketones (excluding diaryl/α,β-unsaturated/α-hetero) is 1. The van der Waals surface area contributed by atoms with Crippen LogP contribution in [0.25, 0.3) is 0 Å². The van der Waals surface area contributed by atoms with Crippen molar-refractivity contribution < 1.29 is 17.9 Å². The van der Waals surface area contributed by atoms with Gasteiger partial charge >= 0.3 is 0 Å². The molecule has 0 amide bonds. The van der Waals surface area contributed by atoms with Gasteiger partial charge < -0.3 is 4.74 Å². The van der Waals surface area contributed by atoms with E-state index in [-0.39, 0.29) is 18.4 Å². The number of anilines is 1. The van der Waals surface area contributed by atoms with E-state index in [0.717, 1.165) is 6.42 Å². The lowest BCUT2D eigenvalue weighted by Crippen LogP contribution is -2.42. The lowest BCUT2D eigenvalue weighted by molar-refractivity contribution is 0.0988. The number of sulfonamides is 1. The van der Waals surface area contributed by atoms with Gasteiger partial charge in [-0.3, -0.25) is 9.10 Å². The molecule has 0 aliphatic carbocycles. The Balaban J connectivity index is 2.52. The van der Waals surface area contributed by atoms with Crippen LogP contribution < -0.4 is 9.04 Å². The Kier molecular flexibility index (Phi) is 4.04. The molecule has 0 fully saturated rings. The van der Waals surface area contributed by atoms with Crippen molar-refractivity contribution in [2.75, 3.05) is 17.1 Å². The Hall–Kier alpha value is -1.56. The topological polar surface area (TPSA) is 63.7 Å². The second-order valence-electron chi connectivity index (χ2n) is 4.90. The van der Waals surface area contributed by atoms with E-state index in [9.17, 15) is 13.2 Å². The monoisotopic (exact) mass is 297 g/mol. The Bertz CT molecular complexity index is 624. The van der Waals surface area contributed by atoms with E-state index < -0.39 is 10.0 Å². The summed E-state index contributed by atoms with van der Waals surface area (Å²) in [6.07, 6.45) is 2.12. The maximum absolute atomic E-state index is 11.9. The summed E-state index contributed by atoms with van der Waals surface area (Å²) in [6, 6.07) is 4.97. The third-order valence-corrected chi connectivity index (χ3v) is 4.54. The third-order valence-electron chi connectivity index (χ3n) is 3.39. The second kappa shape index (κ2) is 5.44. The highest BCUT2D eigenvalue weighted by Gasteiger charge is 2.30. The van der Waals surface area contributed by atoms with Crippen molar-refractivity contribution >= 4 is 21.5 Å². The fourth-order valence-electron chi connectivity index (χ4n) is 2.22. The van der Waals surface area contributed by atoms with Crippen LogP contribution in [0.3, 0.4) is 0 Å². The zero-order chi connectivity index (χ0) is 14.9. The molecule has 0 saturated carbocycles. The Morgan fingerprint density at radius 2 is 2.10 bits per heavy atom. The molecule has 0 bridgehead atoms. The molecule has 1 aliphatic heterocycles. The van der Waals surface area contributed by atoms with Crippen LogP contribution in [0.1, 0.15) is 37.0 Å². The van der Waals surface area contributed by atoms with Crippen molar-refractivity contribution in [3.8, 4) is 5.75 Å². The zero-order valence-corrected chi connectivity index (χ0v) is 12.7. The van der Waals surface area contributed by atoms with Crippen LogP contribution in [0.2, 0.25) is 0 Å². The SMILES string of the molecule is CCC(=O)c1ccc2c(c1)N(S(C)(=O)=O)CC(CC)O2. The summed E-state index contributed by atoms with van der Waals surface area (Å²) in [7, 11) is -3.39. The van der Waals surface area contributed by atoms with E-state index in [2.05, 4.69) is 0 Å². The molecule has 1 unspecified atom stereocenters. The van der Waals surface area contributed by atoms with Crippen LogP contribution in [0.4, 0.5) is 5.69 Å². The number of benzene rings is 1. The molecule has 2 rings (SSSR count). The number of hydrogen-bond donors (Lipinski definition) is 0. The van der Waals surface area contributed by atoms with Crippen molar-refractivity contribution in [1.82, 2.24) is 0 Å². The quantitative estimate of drug-likeness (QED) is 0.799. The van der Waals surface area contributed by atoms with E-state index in [4.69, 9.17) is 4.74 Å². The summed E-state index contributed by atoms with van der Waals surface area (Å²) in [5.74, 6) is 0.500. The van der Waals surface area contributed by atoms with Crippen LogP contribution >= 0.6 is 0 Å². The summed E-state index contributed by atoms with van der Waals surface area (Å²) in [4.78, 5) is 11.8. The summed E-state index contributed by atoms with van der Waals surface area (Å²) >= 11 is 0. The minimum atomic E-state index is -3.39. The van der Waals surface area contributed by atoms with Crippen LogP contribution in [-0.4, -0.2) is 33.1 Å². The molecule has 1 heterocycles. The maximum atomic E-state index is 11.9. The minimum absolute atomic E-state index is 0.0149. The number of rotatable bonds is 4. The third kappa shape index (κ3) is 2.80. The fourth-order valence-corrected chi connectivity index (χ4v) is 3.15. The van der Waals surface area contributed by atoms with Gasteiger partial charge in [-0.2, -0.15) is 0 Å². The van der Waals surface area contributed by atoms with E-state index >= 15 is 0 Å². The maximum Gasteiger partial charge on any atom is 0.232 e. The normalized spacial score (nSPS) is 18.4. The van der Waals surface area contributed by atoms with Gasteiger partial charge in [0.1, 0.15) is 11.9 Å². The van der Waals surface area contributed by atoms with Gasteiger partial charge in [0.25, 0.3) is 0 Å². The van der Waals surface area contributed by atoms with Gasteiger partial charge in [0.2, 0.25) is 10.0 Å². The molecule has 1 aromatic rings. The predicted octanol–water partition coefficient (Wildman–Crippen LogP) is 2.22. The van der Waals surface area contributed by atoms with Crippen molar-refractivity contribution in [2.45, 2.75) is 32.8 Å². The fraction of sp³-hybridized carbons (Fsp3) is 0.500. The first kappa shape index (κ1) is 14.8. The van der Waals surface area contributed by atoms with Gasteiger partial charge in [-0.1, -0.05) is 13.8 Å². The molecule has 1 aromatic carbocycles. The first-order valence-corrected chi connectivity index (χ1v) is 8.53. The van der Waals surface area contributed by atoms with Gasteiger partial charge in [0.15, 0.2) is 5.78 Å². The first-order chi connectivity index (χ1) is 9.36. The Morgan fingerprint density at radius 1 is 1.40 bits per heavy atom. The number of carbonyl (C=O) groups excluding carboxylic acids is 1. The molecule has 20 heavy (non-hydrogen) atoms. The van der Waals surface area contributed by atoms with Gasteiger partial charge in [-0.25, -0.2) is 8.42 Å². The molecule has 0 radical (unpaired) electrons. The first-order valence-electron chi connectivity index (χ1n) is 6.68. The molecule has 0 saturated heterocycles. The van der Waals surface area contributed by atoms with Gasteiger partial charge in [-0.05, 0) is 24.6 Å². The summed E-state index contributed by atoms with van der Waals surface area (Å²) in [5.41, 5.74) is 0.968. The summed E-state index contributed by atoms with van der Waals surface area (Å²) < 4.78 is 31.0. The van der Waals surface area contributed by atoms with Crippen molar-refractivity contribution in [2.24, 2.45) is 0 Å². The molecule has 1 atom stereocenters. The molecule has 5 nitrogen and oxygen atoms in total. The number of ketones is 1. The zero-order valence-electron chi connectivity index (χ0n) is 11.9. The minimum Gasteiger partial charge on any atom is -0.486 e. The van der Waals surface area contributed by atoms with E-state index in [0.29, 0.717) is 23.4 Å². The number of hydrogen-bond acceptors (Lipinski definition) is 4. The molecular weight excluding hydrogens is 278 g/mol. The van der Waals surface area contributed by atoms with Crippen LogP contribution in [-0.2, 0) is 10.0 Å². The molecule has 0 spiro atoms. The molecule has 110 valence electrons. The molecular formula is C14H19NO4S. The predicted molar refractivity (Wildman–Crippen MR) is 78.0 cm³/mol. The van der Waals surface area contributed by atoms with Gasteiger partial charge in [0.05, 0.1) is 18.5 Å². The highest BCUT2D eigenvalue weighted by molar-refractivity contribution is 7.92. The summed E-state index contributed by atoms with van der Waals surface area (Å²) in [6.45, 7) is 4.01. The van der Waals surface area contributed by atoms with Crippen LogP contribution in [0.5, 0.6) is 5.75 Å². The number of ether oxygens (including phenoxy) is 1. The largest absolute Gasteiger partial charge is 0.486 e. The number of fused-ring (bicyclic) bond motifs is 1. The Labute approximate surface area is 119 Å². The molecule has 0 aromatic heterocycles. The average Bonchev–Trinajstić information content (AvgIpc) is 2.43. The van der Waals surface area contributed by atoms with Crippen molar-refractivity contribution in [1.29, 1.82) is 0 Å². The van der Waals surface area contributed by atoms with Crippen molar-refractivity contribution in [3.63, 3.8) is 0 Å². The lowest BCUT2D eigenvalue weighted by Gasteiger charge is -2.34. The molecule has 6 heteroatoms. The van der Waals surface area contributed by atoms with Crippen molar-refractivity contribution in [3.05, 3.63) is 23.8 Å². The highest BCUT2D eigenvalue weighted by atomic mass is 32.2. The average molecular weight is 297 g/mol. The Morgan fingerprint density at radius 3 is 2.65 bits per heavy atom. The highest BCUT2D eigenvalue weighted by Crippen LogP contribution is 2.36. The van der Waals surface area contributed by atoms with Gasteiger partial charge in [-0.15, -0.1) is 0 Å². The van der Waals surface area contributed by atoms with E-state index in [1.165, 1.54) is 10.6 Å². The summed E-state index contributed by atoms with van der Waals surface area (Å²) in [5, 5.41) is 0. The lowest BCUT2D eigenvalue weighted by atomic mass is 10.1.